The van der Waals surface area contributed by atoms with Crippen molar-refractivity contribution in [2.24, 2.45) is 23.7 Å². The van der Waals surface area contributed by atoms with Crippen LogP contribution < -0.4 is 5.32 Å². The SMILES string of the molecule is CSc1ccc(NC(=O)CC[C@H]2O[C@@H]3O[C@@]4(C)CC[C@H]5[C@H](C)CC[C@@H]([C@H]2C)[C@@]35OO4)cc1F. The number of carbonyl (C=O) groups is 1. The van der Waals surface area contributed by atoms with Gasteiger partial charge in [-0.2, -0.15) is 0 Å². The topological polar surface area (TPSA) is 66.0 Å². The predicted molar refractivity (Wildman–Crippen MR) is 123 cm³/mol. The molecule has 6 nitrogen and oxygen atoms in total. The highest BCUT2D eigenvalue weighted by atomic mass is 32.2. The first-order valence-corrected chi connectivity index (χ1v) is 13.3. The first kappa shape index (κ1) is 23.5. The Hall–Kier alpha value is -1.19. The molecule has 0 radical (unpaired) electrons. The van der Waals surface area contributed by atoms with Crippen molar-refractivity contribution >= 4 is 23.4 Å². The standard InChI is InChI=1S/C25H34FNO5S/c1-14-5-7-18-15(2)20(8-10-22(28)27-16-6-9-21(33-4)19(26)13-16)29-23-25(18)17(14)11-12-24(3,30-23)31-32-25/h6,9,13-15,17-18,20,23H,5,7-8,10-12H2,1-4H3,(H,27,28)/t14-,15-,17+,18+,20-,23-,24-,25-/m1/s1. The average Bonchev–Trinajstić information content (AvgIpc) is 3.01. The number of fused-ring (bicyclic) bond motifs is 2. The monoisotopic (exact) mass is 479 g/mol. The Morgan fingerprint density at radius 3 is 2.79 bits per heavy atom. The summed E-state index contributed by atoms with van der Waals surface area (Å²) in [4.78, 5) is 25.2. The van der Waals surface area contributed by atoms with Gasteiger partial charge in [-0.3, -0.25) is 4.79 Å². The highest BCUT2D eigenvalue weighted by Crippen LogP contribution is 2.60. The van der Waals surface area contributed by atoms with Crippen LogP contribution in [0.5, 0.6) is 0 Å². The van der Waals surface area contributed by atoms with Gasteiger partial charge in [0, 0.05) is 29.3 Å². The molecule has 0 aromatic heterocycles. The predicted octanol–water partition coefficient (Wildman–Crippen LogP) is 5.52. The normalized spacial score (nSPS) is 41.8. The zero-order chi connectivity index (χ0) is 23.4. The number of amides is 1. The Labute approximate surface area is 199 Å². The molecule has 0 unspecified atom stereocenters. The second kappa shape index (κ2) is 8.79. The number of halogens is 1. The van der Waals surface area contributed by atoms with Crippen molar-refractivity contribution in [2.75, 3.05) is 11.6 Å². The number of anilines is 1. The van der Waals surface area contributed by atoms with Gasteiger partial charge in [0.15, 0.2) is 11.9 Å². The summed E-state index contributed by atoms with van der Waals surface area (Å²) >= 11 is 1.34. The van der Waals surface area contributed by atoms with Crippen LogP contribution in [0.15, 0.2) is 23.1 Å². The Kier molecular flexibility index (Phi) is 6.27. The molecular weight excluding hydrogens is 445 g/mol. The van der Waals surface area contributed by atoms with E-state index in [0.29, 0.717) is 35.3 Å². The fourth-order valence-electron chi connectivity index (χ4n) is 6.55. The largest absolute Gasteiger partial charge is 0.346 e. The molecule has 182 valence electrons. The van der Waals surface area contributed by atoms with E-state index in [1.54, 1.807) is 12.1 Å². The summed E-state index contributed by atoms with van der Waals surface area (Å²) in [5.74, 6) is 0.0364. The van der Waals surface area contributed by atoms with Gasteiger partial charge in [-0.1, -0.05) is 13.8 Å². The third kappa shape index (κ3) is 4.01. The first-order valence-electron chi connectivity index (χ1n) is 12.1. The summed E-state index contributed by atoms with van der Waals surface area (Å²) < 4.78 is 27.0. The van der Waals surface area contributed by atoms with Gasteiger partial charge < -0.3 is 14.8 Å². The van der Waals surface area contributed by atoms with E-state index in [9.17, 15) is 9.18 Å². The summed E-state index contributed by atoms with van der Waals surface area (Å²) in [5, 5.41) is 2.82. The molecule has 4 aliphatic heterocycles. The summed E-state index contributed by atoms with van der Waals surface area (Å²) in [6.45, 7) is 6.42. The van der Waals surface area contributed by atoms with E-state index in [2.05, 4.69) is 19.2 Å². The van der Waals surface area contributed by atoms with Crippen LogP contribution in [0, 0.1) is 29.5 Å². The molecule has 8 atom stereocenters. The van der Waals surface area contributed by atoms with Gasteiger partial charge in [0.05, 0.1) is 6.10 Å². The molecule has 1 amide bonds. The summed E-state index contributed by atoms with van der Waals surface area (Å²) in [6.07, 6.45) is 6.04. The van der Waals surface area contributed by atoms with Crippen LogP contribution >= 0.6 is 11.8 Å². The molecular formula is C25H34FNO5S. The van der Waals surface area contributed by atoms with Crippen molar-refractivity contribution in [1.82, 2.24) is 0 Å². The molecule has 1 saturated carbocycles. The zero-order valence-corrected chi connectivity index (χ0v) is 20.6. The zero-order valence-electron chi connectivity index (χ0n) is 19.8. The van der Waals surface area contributed by atoms with Crippen LogP contribution in [0.3, 0.4) is 0 Å². The minimum atomic E-state index is -0.799. The lowest BCUT2D eigenvalue weighted by Gasteiger charge is -2.60. The van der Waals surface area contributed by atoms with Crippen LogP contribution in [0.4, 0.5) is 10.1 Å². The van der Waals surface area contributed by atoms with Crippen molar-refractivity contribution in [2.45, 2.75) is 88.0 Å². The minimum Gasteiger partial charge on any atom is -0.346 e. The Morgan fingerprint density at radius 2 is 2.03 bits per heavy atom. The van der Waals surface area contributed by atoms with Gasteiger partial charge in [0.1, 0.15) is 5.82 Å². The first-order chi connectivity index (χ1) is 15.8. The number of benzene rings is 1. The summed E-state index contributed by atoms with van der Waals surface area (Å²) in [6, 6.07) is 4.78. The molecule has 6 rings (SSSR count). The Balaban J connectivity index is 1.28. The van der Waals surface area contributed by atoms with Crippen molar-refractivity contribution in [3.8, 4) is 0 Å². The Morgan fingerprint density at radius 1 is 1.21 bits per heavy atom. The maximum atomic E-state index is 14.0. The van der Waals surface area contributed by atoms with Crippen LogP contribution in [-0.4, -0.2) is 35.9 Å². The van der Waals surface area contributed by atoms with Crippen molar-refractivity contribution in [3.05, 3.63) is 24.0 Å². The van der Waals surface area contributed by atoms with E-state index in [0.717, 1.165) is 25.7 Å². The quantitative estimate of drug-likeness (QED) is 0.443. The van der Waals surface area contributed by atoms with Crippen LogP contribution in [0.2, 0.25) is 0 Å². The molecule has 1 aromatic carbocycles. The van der Waals surface area contributed by atoms with Gasteiger partial charge in [-0.25, -0.2) is 14.2 Å². The molecule has 8 heteroatoms. The third-order valence-corrected chi connectivity index (χ3v) is 9.16. The van der Waals surface area contributed by atoms with Gasteiger partial charge in [-0.15, -0.1) is 11.8 Å². The molecule has 33 heavy (non-hydrogen) atoms. The molecule has 4 heterocycles. The highest BCUT2D eigenvalue weighted by Gasteiger charge is 2.69. The molecule has 5 aliphatic rings. The lowest BCUT2D eigenvalue weighted by atomic mass is 9.57. The summed E-state index contributed by atoms with van der Waals surface area (Å²) in [7, 11) is 0. The molecule has 1 aromatic rings. The number of hydrogen-bond donors (Lipinski definition) is 1. The Bertz CT molecular complexity index is 917. The van der Waals surface area contributed by atoms with E-state index in [-0.39, 0.29) is 29.7 Å². The lowest BCUT2D eigenvalue weighted by Crippen LogP contribution is -2.70. The lowest BCUT2D eigenvalue weighted by molar-refractivity contribution is -0.571. The van der Waals surface area contributed by atoms with Crippen molar-refractivity contribution < 1.29 is 28.4 Å². The highest BCUT2D eigenvalue weighted by molar-refractivity contribution is 7.98. The molecule has 5 fully saturated rings. The second-order valence-electron chi connectivity index (χ2n) is 10.4. The molecule has 2 bridgehead atoms. The fourth-order valence-corrected chi connectivity index (χ4v) is 7.01. The van der Waals surface area contributed by atoms with Crippen LogP contribution in [0.1, 0.15) is 59.3 Å². The van der Waals surface area contributed by atoms with Crippen LogP contribution in [-0.2, 0) is 24.0 Å². The van der Waals surface area contributed by atoms with Crippen LogP contribution in [0.25, 0.3) is 0 Å². The minimum absolute atomic E-state index is 0.118. The second-order valence-corrected chi connectivity index (χ2v) is 11.2. The average molecular weight is 480 g/mol. The van der Waals surface area contributed by atoms with Crippen molar-refractivity contribution in [1.29, 1.82) is 0 Å². The van der Waals surface area contributed by atoms with E-state index < -0.39 is 17.7 Å². The van der Waals surface area contributed by atoms with E-state index >= 15 is 0 Å². The maximum Gasteiger partial charge on any atom is 0.224 e. The molecule has 1 aliphatic carbocycles. The van der Waals surface area contributed by atoms with Gasteiger partial charge in [0.2, 0.25) is 11.7 Å². The molecule has 1 spiro atoms. The number of ether oxygens (including phenoxy) is 2. The van der Waals surface area contributed by atoms with Gasteiger partial charge in [0.25, 0.3) is 0 Å². The number of nitrogens with one attached hydrogen (secondary N) is 1. The number of rotatable bonds is 5. The third-order valence-electron chi connectivity index (χ3n) is 8.39. The van der Waals surface area contributed by atoms with E-state index in [1.807, 2.05) is 13.2 Å². The fraction of sp³-hybridized carbons (Fsp3) is 0.720. The maximum absolute atomic E-state index is 14.0. The van der Waals surface area contributed by atoms with E-state index in [4.69, 9.17) is 19.2 Å². The number of thioether (sulfide) groups is 1. The van der Waals surface area contributed by atoms with E-state index in [1.165, 1.54) is 17.8 Å². The smallest absolute Gasteiger partial charge is 0.224 e. The molecule has 1 N–H and O–H groups in total. The van der Waals surface area contributed by atoms with Crippen molar-refractivity contribution in [3.63, 3.8) is 0 Å². The van der Waals surface area contributed by atoms with Gasteiger partial charge in [-0.05, 0) is 74.8 Å². The van der Waals surface area contributed by atoms with Gasteiger partial charge >= 0.3 is 0 Å². The molecule has 4 saturated heterocycles. The number of hydrogen-bond acceptors (Lipinski definition) is 6. The summed E-state index contributed by atoms with van der Waals surface area (Å²) in [5.41, 5.74) is -0.110. The number of carbonyl (C=O) groups excluding carboxylic acids is 1.